The quantitative estimate of drug-likeness (QED) is 0.161. The van der Waals surface area contributed by atoms with Crippen molar-refractivity contribution in [3.05, 3.63) is 241 Å². The third-order valence-electron chi connectivity index (χ3n) is 14.6. The number of nitrogens with zero attached hydrogens (tertiary/aromatic N) is 1. The van der Waals surface area contributed by atoms with Gasteiger partial charge in [0.2, 0.25) is 0 Å². The zero-order valence-electron chi connectivity index (χ0n) is 36.2. The van der Waals surface area contributed by atoms with Crippen molar-refractivity contribution >= 4 is 71.3 Å². The number of aryl methyl sites for hydroxylation is 1. The van der Waals surface area contributed by atoms with Crippen molar-refractivity contribution in [2.45, 2.75) is 30.8 Å². The molecule has 3 nitrogen and oxygen atoms in total. The van der Waals surface area contributed by atoms with Gasteiger partial charge in [0, 0.05) is 50.8 Å². The number of allylic oxidation sites excluding steroid dienone is 2. The van der Waals surface area contributed by atoms with Crippen LogP contribution in [0.4, 0.5) is 17.1 Å². The molecule has 0 radical (unpaired) electrons. The van der Waals surface area contributed by atoms with Crippen molar-refractivity contribution in [3.8, 4) is 28.0 Å². The summed E-state index contributed by atoms with van der Waals surface area (Å²) in [7, 11) is 0. The van der Waals surface area contributed by atoms with Crippen molar-refractivity contribution in [3.63, 3.8) is 0 Å². The summed E-state index contributed by atoms with van der Waals surface area (Å²) >= 11 is 0. The third kappa shape index (κ3) is 5.69. The average molecular weight is 846 g/mol. The second-order valence-electron chi connectivity index (χ2n) is 18.2. The summed E-state index contributed by atoms with van der Waals surface area (Å²) in [4.78, 5) is 2.45. The Morgan fingerprint density at radius 1 is 0.455 bits per heavy atom. The fraction of sp³-hybridized carbons (Fsp3) is 0.0794. The van der Waals surface area contributed by atoms with Gasteiger partial charge in [0.1, 0.15) is 23.0 Å². The number of hydrogen-bond donors (Lipinski definition) is 0. The van der Waals surface area contributed by atoms with E-state index in [9.17, 15) is 0 Å². The maximum absolute atomic E-state index is 6.80. The van der Waals surface area contributed by atoms with Gasteiger partial charge >= 0.3 is 0 Å². The lowest BCUT2D eigenvalue weighted by Crippen LogP contribution is -2.15. The minimum atomic E-state index is 0.00798. The van der Waals surface area contributed by atoms with E-state index in [1.54, 1.807) is 0 Å². The summed E-state index contributed by atoms with van der Waals surface area (Å²) in [5.41, 5.74) is 15.2. The molecular weight excluding hydrogens is 803 g/mol. The van der Waals surface area contributed by atoms with Crippen LogP contribution in [0.2, 0.25) is 0 Å². The van der Waals surface area contributed by atoms with Crippen molar-refractivity contribution in [1.82, 2.24) is 0 Å². The van der Waals surface area contributed by atoms with Gasteiger partial charge in [0.05, 0.1) is 0 Å². The molecule has 312 valence electrons. The van der Waals surface area contributed by atoms with Gasteiger partial charge < -0.3 is 14.1 Å². The number of fused-ring (bicyclic) bond motifs is 15. The Labute approximate surface area is 383 Å². The van der Waals surface area contributed by atoms with Crippen molar-refractivity contribution in [2.24, 2.45) is 0 Å². The normalized spacial score (nSPS) is 17.1. The Morgan fingerprint density at radius 3 is 1.88 bits per heavy atom. The largest absolute Gasteiger partial charge is 0.485 e. The molecule has 0 fully saturated rings. The van der Waals surface area contributed by atoms with Crippen LogP contribution in [-0.2, 0) is 6.42 Å². The summed E-state index contributed by atoms with van der Waals surface area (Å²) in [6.07, 6.45) is 10.6. The topological polar surface area (TPSA) is 25.6 Å². The van der Waals surface area contributed by atoms with Gasteiger partial charge in [-0.15, -0.1) is 0 Å². The molecule has 2 heterocycles. The number of rotatable bonds is 5. The summed E-state index contributed by atoms with van der Waals surface area (Å²) in [5.74, 6) is 1.36. The van der Waals surface area contributed by atoms with Gasteiger partial charge in [0.15, 0.2) is 0 Å². The summed E-state index contributed by atoms with van der Waals surface area (Å²) < 4.78 is 13.5. The van der Waals surface area contributed by atoms with Crippen LogP contribution in [-0.4, -0.2) is 6.10 Å². The molecule has 0 bridgehead atoms. The summed E-state index contributed by atoms with van der Waals surface area (Å²) in [6, 6.07) is 71.7. The first-order valence-corrected chi connectivity index (χ1v) is 23.2. The Hall–Kier alpha value is -8.14. The molecule has 0 saturated heterocycles. The van der Waals surface area contributed by atoms with Crippen LogP contribution in [0.1, 0.15) is 40.5 Å². The van der Waals surface area contributed by atoms with Gasteiger partial charge in [-0.25, -0.2) is 0 Å². The van der Waals surface area contributed by atoms with Gasteiger partial charge in [-0.2, -0.15) is 0 Å². The molecule has 3 unspecified atom stereocenters. The molecule has 1 aliphatic heterocycles. The van der Waals surface area contributed by atoms with Gasteiger partial charge in [-0.05, 0) is 139 Å². The van der Waals surface area contributed by atoms with Crippen LogP contribution in [0.25, 0.3) is 76.5 Å². The molecule has 11 aromatic rings. The number of furan rings is 1. The molecular formula is C63H43NO2. The maximum Gasteiger partial charge on any atom is 0.136 e. The number of anilines is 3. The molecule has 10 aromatic carbocycles. The molecule has 3 aliphatic rings. The minimum Gasteiger partial charge on any atom is -0.485 e. The number of hydrogen-bond acceptors (Lipinski definition) is 3. The van der Waals surface area contributed by atoms with Crippen LogP contribution in [0, 0.1) is 0 Å². The standard InChI is InChI=1S/C63H43NO2/c1-3-15-39(16-4-1)45-31-27-40-36-60-63(54-24-12-14-26-58(54)66-60)62(41-28-32-53-52-23-11-13-25-57(52)65-59(53)35-41)61(40)56-38-44(29-33-50(45)56)64(42-17-5-2-6-18-42)43-30-34-51-48-21-8-7-19-46(48)47-20-9-10-22-49(47)55(51)37-43/h1-26,28-30,32-38,45,52,57H,27,31H2. The van der Waals surface area contributed by atoms with E-state index < -0.39 is 0 Å². The summed E-state index contributed by atoms with van der Waals surface area (Å²) in [6.45, 7) is 0. The predicted molar refractivity (Wildman–Crippen MR) is 274 cm³/mol. The monoisotopic (exact) mass is 845 g/mol. The number of benzene rings is 10. The highest BCUT2D eigenvalue weighted by atomic mass is 16.5. The second kappa shape index (κ2) is 14.7. The zero-order chi connectivity index (χ0) is 43.3. The Bertz CT molecular complexity index is 3790. The molecule has 14 rings (SSSR count). The van der Waals surface area contributed by atoms with E-state index in [4.69, 9.17) is 9.15 Å². The molecule has 2 aliphatic carbocycles. The van der Waals surface area contributed by atoms with E-state index in [0.29, 0.717) is 0 Å². The number of para-hydroxylation sites is 2. The minimum absolute atomic E-state index is 0.00798. The smallest absolute Gasteiger partial charge is 0.136 e. The van der Waals surface area contributed by atoms with Crippen LogP contribution in [0.5, 0.6) is 5.75 Å². The van der Waals surface area contributed by atoms with Crippen LogP contribution < -0.4 is 9.64 Å². The number of ether oxygens (including phenoxy) is 1. The van der Waals surface area contributed by atoms with Crippen molar-refractivity contribution in [2.75, 3.05) is 4.90 Å². The maximum atomic E-state index is 6.80. The fourth-order valence-electron chi connectivity index (χ4n) is 11.7. The van der Waals surface area contributed by atoms with Crippen LogP contribution in [0.15, 0.2) is 223 Å². The van der Waals surface area contributed by atoms with E-state index in [0.717, 1.165) is 63.2 Å². The van der Waals surface area contributed by atoms with Crippen LogP contribution in [0.3, 0.4) is 0 Å². The first kappa shape index (κ1) is 37.3. The Balaban J connectivity index is 1.05. The van der Waals surface area contributed by atoms with Crippen molar-refractivity contribution < 1.29 is 9.15 Å². The summed E-state index contributed by atoms with van der Waals surface area (Å²) in [5, 5.41) is 9.84. The van der Waals surface area contributed by atoms with E-state index in [2.05, 4.69) is 223 Å². The highest BCUT2D eigenvalue weighted by molar-refractivity contribution is 6.26. The first-order chi connectivity index (χ1) is 32.7. The molecule has 0 N–H and O–H groups in total. The lowest BCUT2D eigenvalue weighted by Gasteiger charge is -2.28. The SMILES string of the molecule is C1=CC2Oc3cc(-c4c5c(cc6oc7ccccc7c46)CCC(c4ccccc4)c4ccc(N(c6ccccc6)c6ccc7c8ccccc8c8ccccc8c7c6)cc4-5)ccc3C2C=C1. The van der Waals surface area contributed by atoms with E-state index in [1.165, 1.54) is 71.3 Å². The lowest BCUT2D eigenvalue weighted by atomic mass is 9.82. The van der Waals surface area contributed by atoms with E-state index >= 15 is 0 Å². The van der Waals surface area contributed by atoms with Gasteiger partial charge in [0.25, 0.3) is 0 Å². The highest BCUT2D eigenvalue weighted by Gasteiger charge is 2.34. The van der Waals surface area contributed by atoms with Crippen LogP contribution >= 0.6 is 0 Å². The average Bonchev–Trinajstić information content (AvgIpc) is 3.90. The molecule has 0 amide bonds. The zero-order valence-corrected chi connectivity index (χ0v) is 36.2. The molecule has 1 aromatic heterocycles. The molecule has 0 saturated carbocycles. The van der Waals surface area contributed by atoms with Crippen molar-refractivity contribution in [1.29, 1.82) is 0 Å². The highest BCUT2D eigenvalue weighted by Crippen LogP contribution is 2.53. The van der Waals surface area contributed by atoms with Gasteiger partial charge in [-0.3, -0.25) is 0 Å². The Kier molecular flexibility index (Phi) is 8.30. The molecule has 66 heavy (non-hydrogen) atoms. The third-order valence-corrected chi connectivity index (χ3v) is 14.6. The first-order valence-electron chi connectivity index (χ1n) is 23.2. The second-order valence-corrected chi connectivity index (χ2v) is 18.2. The Morgan fingerprint density at radius 2 is 1.09 bits per heavy atom. The molecule has 3 heteroatoms. The molecule has 0 spiro atoms. The fourth-order valence-corrected chi connectivity index (χ4v) is 11.7. The molecule has 3 atom stereocenters. The van der Waals surface area contributed by atoms with Gasteiger partial charge in [-0.1, -0.05) is 158 Å². The van der Waals surface area contributed by atoms with E-state index in [1.807, 2.05) is 0 Å². The van der Waals surface area contributed by atoms with E-state index in [-0.39, 0.29) is 17.9 Å². The lowest BCUT2D eigenvalue weighted by molar-refractivity contribution is 0.269. The predicted octanol–water partition coefficient (Wildman–Crippen LogP) is 16.9.